The lowest BCUT2D eigenvalue weighted by Gasteiger charge is -2.32. The third-order valence-electron chi connectivity index (χ3n) is 5.26. The van der Waals surface area contributed by atoms with Crippen molar-refractivity contribution in [2.75, 3.05) is 13.1 Å². The summed E-state index contributed by atoms with van der Waals surface area (Å²) in [5, 5.41) is 1.13. The Morgan fingerprint density at radius 2 is 1.89 bits per heavy atom. The number of fused-ring (bicyclic) bond motifs is 1. The zero-order valence-electron chi connectivity index (χ0n) is 15.4. The van der Waals surface area contributed by atoms with Gasteiger partial charge in [-0.3, -0.25) is 9.36 Å². The van der Waals surface area contributed by atoms with E-state index in [2.05, 4.69) is 17.1 Å². The predicted molar refractivity (Wildman–Crippen MR) is 111 cm³/mol. The number of nitrogens with zero attached hydrogens (tertiary/aromatic N) is 4. The first-order valence-electron chi connectivity index (χ1n) is 9.52. The van der Waals surface area contributed by atoms with E-state index in [0.29, 0.717) is 18.2 Å². The second-order valence-corrected chi connectivity index (χ2v) is 8.16. The van der Waals surface area contributed by atoms with E-state index in [1.165, 1.54) is 4.70 Å². The van der Waals surface area contributed by atoms with Crippen LogP contribution in [0.25, 0.3) is 15.9 Å². The zero-order chi connectivity index (χ0) is 18.9. The van der Waals surface area contributed by atoms with Gasteiger partial charge in [0, 0.05) is 24.7 Å². The van der Waals surface area contributed by atoms with Gasteiger partial charge in [-0.15, -0.1) is 11.3 Å². The van der Waals surface area contributed by atoms with Gasteiger partial charge in [-0.05, 0) is 37.1 Å². The van der Waals surface area contributed by atoms with Crippen molar-refractivity contribution in [3.63, 3.8) is 0 Å². The van der Waals surface area contributed by atoms with Gasteiger partial charge < -0.3 is 4.90 Å². The number of para-hydroxylation sites is 2. The molecule has 5 nitrogen and oxygen atoms in total. The van der Waals surface area contributed by atoms with E-state index in [1.54, 1.807) is 23.9 Å². The maximum Gasteiger partial charge on any atom is 0.272 e. The number of aromatic nitrogens is 3. The van der Waals surface area contributed by atoms with Crippen molar-refractivity contribution < 1.29 is 4.79 Å². The van der Waals surface area contributed by atoms with Crippen LogP contribution in [0.5, 0.6) is 0 Å². The van der Waals surface area contributed by atoms with Gasteiger partial charge in [0.1, 0.15) is 5.69 Å². The van der Waals surface area contributed by atoms with Gasteiger partial charge in [-0.2, -0.15) is 0 Å². The van der Waals surface area contributed by atoms with Crippen molar-refractivity contribution in [3.05, 3.63) is 77.8 Å². The fourth-order valence-electron chi connectivity index (χ4n) is 3.84. The highest BCUT2D eigenvalue weighted by Crippen LogP contribution is 2.33. The summed E-state index contributed by atoms with van der Waals surface area (Å²) < 4.78 is 3.08. The zero-order valence-corrected chi connectivity index (χ0v) is 16.2. The molecule has 0 bridgehead atoms. The number of rotatable bonds is 3. The van der Waals surface area contributed by atoms with Gasteiger partial charge in [0.15, 0.2) is 0 Å². The van der Waals surface area contributed by atoms with E-state index < -0.39 is 0 Å². The quantitative estimate of drug-likeness (QED) is 0.519. The molecule has 28 heavy (non-hydrogen) atoms. The molecular formula is C22H20N4OS. The van der Waals surface area contributed by atoms with Crippen molar-refractivity contribution in [1.29, 1.82) is 0 Å². The number of piperidine rings is 1. The largest absolute Gasteiger partial charge is 0.337 e. The lowest BCUT2D eigenvalue weighted by Crippen LogP contribution is -2.39. The molecule has 0 saturated carbocycles. The van der Waals surface area contributed by atoms with Crippen molar-refractivity contribution in [3.8, 4) is 5.69 Å². The van der Waals surface area contributed by atoms with Crippen LogP contribution < -0.4 is 0 Å². The summed E-state index contributed by atoms with van der Waals surface area (Å²) in [5.41, 5.74) is 2.60. The van der Waals surface area contributed by atoms with Gasteiger partial charge >= 0.3 is 0 Å². The summed E-state index contributed by atoms with van der Waals surface area (Å²) >= 11 is 1.75. The molecule has 5 rings (SSSR count). The minimum atomic E-state index is 0.0344. The molecule has 1 saturated heterocycles. The molecular weight excluding hydrogens is 368 g/mol. The average molecular weight is 388 g/mol. The van der Waals surface area contributed by atoms with Crippen molar-refractivity contribution in [2.45, 2.75) is 18.8 Å². The Morgan fingerprint density at radius 1 is 1.07 bits per heavy atom. The first-order valence-corrected chi connectivity index (χ1v) is 10.3. The minimum Gasteiger partial charge on any atom is -0.337 e. The average Bonchev–Trinajstić information content (AvgIpc) is 3.41. The molecule has 2 aromatic heterocycles. The Hall–Kier alpha value is -2.99. The Bertz CT molecular complexity index is 1080. The Labute approximate surface area is 167 Å². The van der Waals surface area contributed by atoms with E-state index in [1.807, 2.05) is 51.9 Å². The maximum atomic E-state index is 13.3. The normalized spacial score (nSPS) is 17.1. The van der Waals surface area contributed by atoms with Crippen molar-refractivity contribution in [1.82, 2.24) is 19.4 Å². The highest BCUT2D eigenvalue weighted by Gasteiger charge is 2.29. The van der Waals surface area contributed by atoms with Crippen molar-refractivity contribution >= 4 is 27.5 Å². The lowest BCUT2D eigenvalue weighted by molar-refractivity contribution is 0.0699. The Kier molecular flexibility index (Phi) is 4.41. The van der Waals surface area contributed by atoms with E-state index in [4.69, 9.17) is 4.98 Å². The van der Waals surface area contributed by atoms with Crippen LogP contribution >= 0.6 is 11.3 Å². The molecule has 1 aliphatic rings. The van der Waals surface area contributed by atoms with Crippen LogP contribution in [0.15, 0.2) is 67.1 Å². The highest BCUT2D eigenvalue weighted by atomic mass is 32.1. The summed E-state index contributed by atoms with van der Waals surface area (Å²) in [7, 11) is 0. The highest BCUT2D eigenvalue weighted by molar-refractivity contribution is 7.18. The molecule has 0 N–H and O–H groups in total. The number of thiazole rings is 1. The topological polar surface area (TPSA) is 51.0 Å². The molecule has 4 aromatic rings. The molecule has 0 radical (unpaired) electrons. The summed E-state index contributed by atoms with van der Waals surface area (Å²) in [6.07, 6.45) is 5.43. The Balaban J connectivity index is 1.40. The van der Waals surface area contributed by atoms with Crippen LogP contribution in [0, 0.1) is 0 Å². The molecule has 0 spiro atoms. The van der Waals surface area contributed by atoms with Crippen molar-refractivity contribution in [2.24, 2.45) is 0 Å². The van der Waals surface area contributed by atoms with Crippen LogP contribution in [0.2, 0.25) is 0 Å². The molecule has 1 amide bonds. The first-order chi connectivity index (χ1) is 13.8. The standard InChI is InChI=1S/C22H20N4OS/c27-22(19-13-23-15-26(19)17-8-2-1-3-9-17)25-12-6-7-16(14-25)21-24-18-10-4-5-11-20(18)28-21/h1-5,8-11,13,15-16H,6-7,12,14H2. The van der Waals surface area contributed by atoms with Gasteiger partial charge in [0.25, 0.3) is 5.91 Å². The molecule has 2 aromatic carbocycles. The second kappa shape index (κ2) is 7.20. The molecule has 6 heteroatoms. The van der Waals surface area contributed by atoms with Crippen LogP contribution in [-0.4, -0.2) is 38.4 Å². The summed E-state index contributed by atoms with van der Waals surface area (Å²) in [4.78, 5) is 24.3. The van der Waals surface area contributed by atoms with E-state index in [0.717, 1.165) is 35.6 Å². The van der Waals surface area contributed by atoms with Crippen LogP contribution in [0.3, 0.4) is 0 Å². The number of likely N-dealkylation sites (tertiary alicyclic amines) is 1. The third kappa shape index (κ3) is 3.10. The molecule has 1 fully saturated rings. The number of carbonyl (C=O) groups excluding carboxylic acids is 1. The summed E-state index contributed by atoms with van der Waals surface area (Å²) in [6, 6.07) is 18.1. The molecule has 1 unspecified atom stereocenters. The minimum absolute atomic E-state index is 0.0344. The number of imidazole rings is 1. The summed E-state index contributed by atoms with van der Waals surface area (Å²) in [5.74, 6) is 0.329. The molecule has 1 aliphatic heterocycles. The summed E-state index contributed by atoms with van der Waals surface area (Å²) in [6.45, 7) is 1.48. The monoisotopic (exact) mass is 388 g/mol. The fourth-order valence-corrected chi connectivity index (χ4v) is 4.93. The van der Waals surface area contributed by atoms with Crippen LogP contribution in [-0.2, 0) is 0 Å². The van der Waals surface area contributed by atoms with Gasteiger partial charge in [-0.25, -0.2) is 9.97 Å². The lowest BCUT2D eigenvalue weighted by atomic mass is 9.98. The third-order valence-corrected chi connectivity index (χ3v) is 6.46. The Morgan fingerprint density at radius 3 is 2.75 bits per heavy atom. The van der Waals surface area contributed by atoms with Crippen LogP contribution in [0.4, 0.5) is 0 Å². The van der Waals surface area contributed by atoms with Gasteiger partial charge in [0.2, 0.25) is 0 Å². The number of carbonyl (C=O) groups is 1. The van der Waals surface area contributed by atoms with E-state index in [9.17, 15) is 4.79 Å². The number of hydrogen-bond donors (Lipinski definition) is 0. The van der Waals surface area contributed by atoms with Gasteiger partial charge in [0.05, 0.1) is 27.7 Å². The SMILES string of the molecule is O=C(c1cncn1-c1ccccc1)N1CCCC(c2nc3ccccc3s2)C1. The second-order valence-electron chi connectivity index (χ2n) is 7.09. The molecule has 0 aliphatic carbocycles. The van der Waals surface area contributed by atoms with E-state index >= 15 is 0 Å². The number of hydrogen-bond acceptors (Lipinski definition) is 4. The van der Waals surface area contributed by atoms with Crippen LogP contribution in [0.1, 0.15) is 34.3 Å². The fraction of sp³-hybridized carbons (Fsp3) is 0.227. The molecule has 1 atom stereocenters. The van der Waals surface area contributed by atoms with Gasteiger partial charge in [-0.1, -0.05) is 30.3 Å². The molecule has 3 heterocycles. The number of benzene rings is 2. The molecule has 140 valence electrons. The maximum absolute atomic E-state index is 13.3. The number of amides is 1. The van der Waals surface area contributed by atoms with E-state index in [-0.39, 0.29) is 5.91 Å². The smallest absolute Gasteiger partial charge is 0.272 e. The predicted octanol–water partition coefficient (Wildman–Crippen LogP) is 4.50. The first kappa shape index (κ1) is 17.1.